The molecule has 0 bridgehead atoms. The van der Waals surface area contributed by atoms with Crippen LogP contribution in [0.4, 0.5) is 15.8 Å². The minimum absolute atomic E-state index is 0.217. The van der Waals surface area contributed by atoms with E-state index < -0.39 is 5.82 Å². The molecule has 1 saturated carbocycles. The summed E-state index contributed by atoms with van der Waals surface area (Å²) in [5, 5.41) is 15.4. The molecule has 3 aromatic heterocycles. The summed E-state index contributed by atoms with van der Waals surface area (Å²) >= 11 is 6.19. The highest BCUT2D eigenvalue weighted by atomic mass is 35.5. The maximum atomic E-state index is 13.7. The zero-order valence-corrected chi connectivity index (χ0v) is 17.4. The normalized spacial score (nSPS) is 15.1. The summed E-state index contributed by atoms with van der Waals surface area (Å²) in [7, 11) is 0. The summed E-state index contributed by atoms with van der Waals surface area (Å²) in [4.78, 5) is 4.41. The van der Waals surface area contributed by atoms with Gasteiger partial charge in [-0.2, -0.15) is 10.2 Å². The van der Waals surface area contributed by atoms with Crippen LogP contribution in [0.3, 0.4) is 0 Å². The summed E-state index contributed by atoms with van der Waals surface area (Å²) in [6.07, 6.45) is 11.8. The molecule has 4 N–H and O–H groups in total. The Labute approximate surface area is 183 Å². The van der Waals surface area contributed by atoms with Crippen molar-refractivity contribution in [2.75, 3.05) is 5.32 Å². The van der Waals surface area contributed by atoms with E-state index in [2.05, 4.69) is 25.6 Å². The van der Waals surface area contributed by atoms with Gasteiger partial charge >= 0.3 is 0 Å². The average Bonchev–Trinajstić information content (AvgIpc) is 3.52. The fourth-order valence-corrected chi connectivity index (χ4v) is 4.16. The van der Waals surface area contributed by atoms with Gasteiger partial charge in [-0.3, -0.25) is 5.10 Å². The SMILES string of the molecule is N/C(=N\c1cc(F)ccc1Cl)c1cnn2cc(-c3cn[nH]c3)cc2c1NC1CCCC1. The molecule has 0 radical (unpaired) electrons. The van der Waals surface area contributed by atoms with E-state index in [1.807, 2.05) is 23.0 Å². The van der Waals surface area contributed by atoms with Gasteiger partial charge in [0.15, 0.2) is 0 Å². The van der Waals surface area contributed by atoms with Crippen LogP contribution < -0.4 is 11.1 Å². The Morgan fingerprint density at radius 2 is 2.06 bits per heavy atom. The van der Waals surface area contributed by atoms with E-state index >= 15 is 0 Å². The lowest BCUT2D eigenvalue weighted by molar-refractivity contribution is 0.628. The van der Waals surface area contributed by atoms with E-state index in [4.69, 9.17) is 17.3 Å². The predicted molar refractivity (Wildman–Crippen MR) is 120 cm³/mol. The molecule has 1 aliphatic carbocycles. The topological polar surface area (TPSA) is 96.4 Å². The van der Waals surface area contributed by atoms with Crippen LogP contribution in [0, 0.1) is 5.82 Å². The van der Waals surface area contributed by atoms with Crippen LogP contribution >= 0.6 is 11.6 Å². The second kappa shape index (κ2) is 8.03. The van der Waals surface area contributed by atoms with E-state index in [1.165, 1.54) is 31.0 Å². The molecule has 3 heterocycles. The molecule has 0 saturated heterocycles. The zero-order valence-electron chi connectivity index (χ0n) is 16.6. The van der Waals surface area contributed by atoms with E-state index in [-0.39, 0.29) is 11.5 Å². The van der Waals surface area contributed by atoms with Crippen LogP contribution in [-0.4, -0.2) is 31.7 Å². The third-order valence-electron chi connectivity index (χ3n) is 5.60. The number of hydrogen-bond acceptors (Lipinski definition) is 4. The molecule has 1 fully saturated rings. The standard InChI is InChI=1S/C22H21ClFN7/c23-18-6-5-15(24)8-19(18)30-22(25)17-11-28-31-12-13(14-9-26-27-10-14)7-20(31)21(17)29-16-3-1-2-4-16/h5-12,16,29H,1-4H2,(H2,25,30)(H,26,27). The second-order valence-electron chi connectivity index (χ2n) is 7.70. The lowest BCUT2D eigenvalue weighted by Gasteiger charge is -2.18. The maximum absolute atomic E-state index is 13.7. The maximum Gasteiger partial charge on any atom is 0.135 e. The number of rotatable bonds is 5. The molecule has 1 aliphatic rings. The first-order valence-corrected chi connectivity index (χ1v) is 10.5. The summed E-state index contributed by atoms with van der Waals surface area (Å²) in [6, 6.07) is 6.41. The van der Waals surface area contributed by atoms with Gasteiger partial charge in [-0.05, 0) is 31.0 Å². The van der Waals surface area contributed by atoms with Crippen LogP contribution in [0.1, 0.15) is 31.2 Å². The first-order valence-electron chi connectivity index (χ1n) is 10.1. The average molecular weight is 438 g/mol. The van der Waals surface area contributed by atoms with Gasteiger partial charge in [0.2, 0.25) is 0 Å². The molecule has 9 heteroatoms. The highest BCUT2D eigenvalue weighted by molar-refractivity contribution is 6.33. The molecule has 0 atom stereocenters. The number of nitrogens with one attached hydrogen (secondary N) is 2. The van der Waals surface area contributed by atoms with Gasteiger partial charge in [0, 0.05) is 35.6 Å². The van der Waals surface area contributed by atoms with Crippen LogP contribution in [-0.2, 0) is 0 Å². The summed E-state index contributed by atoms with van der Waals surface area (Å²) < 4.78 is 15.5. The molecule has 5 rings (SSSR count). The van der Waals surface area contributed by atoms with E-state index in [0.29, 0.717) is 16.6 Å². The first-order chi connectivity index (χ1) is 15.1. The molecular weight excluding hydrogens is 417 g/mol. The molecule has 31 heavy (non-hydrogen) atoms. The monoisotopic (exact) mass is 437 g/mol. The van der Waals surface area contributed by atoms with Gasteiger partial charge in [0.25, 0.3) is 0 Å². The Hall–Kier alpha value is -3.39. The van der Waals surface area contributed by atoms with Crippen molar-refractivity contribution in [3.8, 4) is 11.1 Å². The van der Waals surface area contributed by atoms with Crippen molar-refractivity contribution in [2.45, 2.75) is 31.7 Å². The fraction of sp³-hybridized carbons (Fsp3) is 0.227. The highest BCUT2D eigenvalue weighted by Gasteiger charge is 2.21. The molecule has 1 aromatic carbocycles. The number of hydrogen-bond donors (Lipinski definition) is 3. The Kier molecular flexibility index (Phi) is 5.07. The van der Waals surface area contributed by atoms with Gasteiger partial charge in [0.1, 0.15) is 11.7 Å². The van der Waals surface area contributed by atoms with E-state index in [1.54, 1.807) is 12.4 Å². The van der Waals surface area contributed by atoms with Crippen LogP contribution in [0.2, 0.25) is 5.02 Å². The second-order valence-corrected chi connectivity index (χ2v) is 8.10. The number of nitrogens with zero attached hydrogens (tertiary/aromatic N) is 4. The number of halogens is 2. The van der Waals surface area contributed by atoms with Crippen molar-refractivity contribution < 1.29 is 4.39 Å². The minimum atomic E-state index is -0.426. The van der Waals surface area contributed by atoms with Crippen molar-refractivity contribution in [1.82, 2.24) is 19.8 Å². The number of aromatic amines is 1. The number of anilines is 1. The van der Waals surface area contributed by atoms with Gasteiger partial charge in [-0.15, -0.1) is 0 Å². The van der Waals surface area contributed by atoms with Crippen LogP contribution in [0.5, 0.6) is 0 Å². The largest absolute Gasteiger partial charge is 0.383 e. The lowest BCUT2D eigenvalue weighted by Crippen LogP contribution is -2.22. The van der Waals surface area contributed by atoms with Crippen molar-refractivity contribution in [3.05, 3.63) is 65.5 Å². The van der Waals surface area contributed by atoms with Crippen molar-refractivity contribution in [1.29, 1.82) is 0 Å². The van der Waals surface area contributed by atoms with E-state index in [0.717, 1.165) is 35.2 Å². The Bertz CT molecular complexity index is 1260. The molecule has 4 aromatic rings. The number of benzene rings is 1. The van der Waals surface area contributed by atoms with Crippen LogP contribution in [0.25, 0.3) is 16.6 Å². The third-order valence-corrected chi connectivity index (χ3v) is 5.92. The Morgan fingerprint density at radius 3 is 2.84 bits per heavy atom. The third kappa shape index (κ3) is 3.86. The summed E-state index contributed by atoms with van der Waals surface area (Å²) in [5.41, 5.74) is 11.0. The van der Waals surface area contributed by atoms with Crippen molar-refractivity contribution in [2.24, 2.45) is 10.7 Å². The Balaban J connectivity index is 1.63. The summed E-state index contributed by atoms with van der Waals surface area (Å²) in [5.74, 6) is -0.209. The number of fused-ring (bicyclic) bond motifs is 1. The molecule has 0 amide bonds. The molecule has 0 aliphatic heterocycles. The summed E-state index contributed by atoms with van der Waals surface area (Å²) in [6.45, 7) is 0. The van der Waals surface area contributed by atoms with Crippen molar-refractivity contribution >= 4 is 34.3 Å². The number of nitrogens with two attached hydrogens (primary N) is 1. The number of aliphatic imine (C=N–C) groups is 1. The van der Waals surface area contributed by atoms with Gasteiger partial charge < -0.3 is 11.1 Å². The lowest BCUT2D eigenvalue weighted by atomic mass is 10.1. The smallest absolute Gasteiger partial charge is 0.135 e. The number of aromatic nitrogens is 4. The number of H-pyrrole nitrogens is 1. The molecule has 158 valence electrons. The van der Waals surface area contributed by atoms with Gasteiger partial charge in [0.05, 0.1) is 39.9 Å². The minimum Gasteiger partial charge on any atom is -0.383 e. The highest BCUT2D eigenvalue weighted by Crippen LogP contribution is 2.32. The zero-order chi connectivity index (χ0) is 21.4. The van der Waals surface area contributed by atoms with Gasteiger partial charge in [-0.1, -0.05) is 24.4 Å². The van der Waals surface area contributed by atoms with Crippen LogP contribution in [0.15, 0.2) is 54.0 Å². The van der Waals surface area contributed by atoms with Gasteiger partial charge in [-0.25, -0.2) is 13.9 Å². The number of amidine groups is 1. The molecule has 0 unspecified atom stereocenters. The molecule has 7 nitrogen and oxygen atoms in total. The fourth-order valence-electron chi connectivity index (χ4n) is 4.00. The molecule has 0 spiro atoms. The predicted octanol–water partition coefficient (Wildman–Crippen LogP) is 4.91. The van der Waals surface area contributed by atoms with E-state index in [9.17, 15) is 4.39 Å². The van der Waals surface area contributed by atoms with Crippen molar-refractivity contribution in [3.63, 3.8) is 0 Å². The quantitative estimate of drug-likeness (QED) is 0.305. The molecular formula is C22H21ClFN7. The first kappa shape index (κ1) is 19.6. The Morgan fingerprint density at radius 1 is 1.23 bits per heavy atom.